The fourth-order valence-electron chi connectivity index (χ4n) is 1.51. The molecule has 0 amide bonds. The van der Waals surface area contributed by atoms with Crippen LogP contribution >= 0.6 is 0 Å². The molecule has 3 nitrogen and oxygen atoms in total. The summed E-state index contributed by atoms with van der Waals surface area (Å²) in [4.78, 5) is 8.71. The maximum absolute atomic E-state index is 9.25. The van der Waals surface area contributed by atoms with Gasteiger partial charge in [0.25, 0.3) is 0 Å². The molecule has 78 valence electrons. The van der Waals surface area contributed by atoms with Crippen molar-refractivity contribution < 1.29 is 5.11 Å². The molecule has 0 radical (unpaired) electrons. The first-order valence-electron chi connectivity index (χ1n) is 4.97. The van der Waals surface area contributed by atoms with E-state index in [1.807, 2.05) is 19.9 Å². The van der Waals surface area contributed by atoms with Crippen molar-refractivity contribution in [3.8, 4) is 0 Å². The second-order valence-corrected chi connectivity index (χ2v) is 4.04. The smallest absolute Gasteiger partial charge is 0.134 e. The Labute approximate surface area is 85.2 Å². The van der Waals surface area contributed by atoms with Gasteiger partial charge in [-0.2, -0.15) is 0 Å². The number of nitrogens with zero attached hydrogens (tertiary/aromatic N) is 2. The van der Waals surface area contributed by atoms with E-state index in [-0.39, 0.29) is 12.5 Å². The number of aromatic nitrogens is 2. The fourth-order valence-corrected chi connectivity index (χ4v) is 1.51. The molecule has 1 aromatic rings. The van der Waals surface area contributed by atoms with Crippen LogP contribution in [0.3, 0.4) is 0 Å². The van der Waals surface area contributed by atoms with Crippen molar-refractivity contribution >= 4 is 0 Å². The number of hydrogen-bond donors (Lipinski definition) is 1. The molecule has 1 rings (SSSR count). The summed E-state index contributed by atoms with van der Waals surface area (Å²) in [6.07, 6.45) is 0. The van der Waals surface area contributed by atoms with E-state index in [9.17, 15) is 5.11 Å². The lowest BCUT2D eigenvalue weighted by molar-refractivity contribution is 0.231. The lowest BCUT2D eigenvalue weighted by Crippen LogP contribution is -2.15. The van der Waals surface area contributed by atoms with Gasteiger partial charge in [0.15, 0.2) is 0 Å². The number of rotatable bonds is 3. The van der Waals surface area contributed by atoms with E-state index in [1.54, 1.807) is 0 Å². The van der Waals surface area contributed by atoms with E-state index in [1.165, 1.54) is 0 Å². The Morgan fingerprint density at radius 1 is 1.21 bits per heavy atom. The molecule has 1 aromatic heterocycles. The number of aliphatic hydroxyl groups excluding tert-OH is 1. The second kappa shape index (κ2) is 4.51. The largest absolute Gasteiger partial charge is 0.396 e. The van der Waals surface area contributed by atoms with Crippen molar-refractivity contribution in [1.29, 1.82) is 0 Å². The maximum Gasteiger partial charge on any atom is 0.134 e. The third-order valence-electron chi connectivity index (χ3n) is 2.33. The first kappa shape index (κ1) is 11.1. The Morgan fingerprint density at radius 3 is 2.07 bits per heavy atom. The van der Waals surface area contributed by atoms with Crippen LogP contribution in [0, 0.1) is 19.8 Å². The molecule has 1 heterocycles. The van der Waals surface area contributed by atoms with E-state index >= 15 is 0 Å². The molecule has 0 fully saturated rings. The van der Waals surface area contributed by atoms with Crippen LogP contribution in [-0.2, 0) is 0 Å². The van der Waals surface area contributed by atoms with Crippen molar-refractivity contribution in [2.45, 2.75) is 33.6 Å². The van der Waals surface area contributed by atoms with Crippen LogP contribution in [-0.4, -0.2) is 21.7 Å². The standard InChI is InChI=1S/C11H18N2O/c1-7(2)10(6-14)11-12-8(3)5-9(4)13-11/h5,7,10,14H,6H2,1-4H3. The summed E-state index contributed by atoms with van der Waals surface area (Å²) in [6.45, 7) is 8.16. The van der Waals surface area contributed by atoms with Crippen LogP contribution in [0.4, 0.5) is 0 Å². The average molecular weight is 194 g/mol. The van der Waals surface area contributed by atoms with Gasteiger partial charge in [-0.1, -0.05) is 13.8 Å². The second-order valence-electron chi connectivity index (χ2n) is 4.04. The summed E-state index contributed by atoms with van der Waals surface area (Å²) < 4.78 is 0. The van der Waals surface area contributed by atoms with E-state index in [0.29, 0.717) is 5.92 Å². The molecule has 0 bridgehead atoms. The topological polar surface area (TPSA) is 46.0 Å². The average Bonchev–Trinajstić information content (AvgIpc) is 2.02. The van der Waals surface area contributed by atoms with E-state index < -0.39 is 0 Å². The number of aliphatic hydroxyl groups is 1. The first-order valence-corrected chi connectivity index (χ1v) is 4.97. The molecule has 0 spiro atoms. The molecule has 0 aliphatic heterocycles. The molecule has 0 saturated heterocycles. The molecule has 14 heavy (non-hydrogen) atoms. The predicted molar refractivity (Wildman–Crippen MR) is 56.2 cm³/mol. The molecule has 0 aliphatic carbocycles. The summed E-state index contributed by atoms with van der Waals surface area (Å²) in [6, 6.07) is 1.94. The summed E-state index contributed by atoms with van der Waals surface area (Å²) in [7, 11) is 0. The molecule has 0 saturated carbocycles. The lowest BCUT2D eigenvalue weighted by atomic mass is 9.96. The van der Waals surface area contributed by atoms with Gasteiger partial charge < -0.3 is 5.11 Å². The molecule has 0 aliphatic rings. The molecule has 1 atom stereocenters. The van der Waals surface area contributed by atoms with Crippen LogP contribution in [0.25, 0.3) is 0 Å². The van der Waals surface area contributed by atoms with Crippen molar-refractivity contribution in [3.05, 3.63) is 23.3 Å². The highest BCUT2D eigenvalue weighted by atomic mass is 16.3. The zero-order chi connectivity index (χ0) is 10.7. The monoisotopic (exact) mass is 194 g/mol. The summed E-state index contributed by atoms with van der Waals surface area (Å²) in [5.74, 6) is 1.18. The lowest BCUT2D eigenvalue weighted by Gasteiger charge is -2.17. The minimum absolute atomic E-state index is 0.0496. The third-order valence-corrected chi connectivity index (χ3v) is 2.33. The van der Waals surface area contributed by atoms with Crippen LogP contribution in [0.15, 0.2) is 6.07 Å². The number of hydrogen-bond acceptors (Lipinski definition) is 3. The zero-order valence-electron chi connectivity index (χ0n) is 9.28. The van der Waals surface area contributed by atoms with Crippen molar-refractivity contribution in [2.24, 2.45) is 5.92 Å². The predicted octanol–water partition coefficient (Wildman–Crippen LogP) is 1.83. The Morgan fingerprint density at radius 2 is 1.71 bits per heavy atom. The van der Waals surface area contributed by atoms with Gasteiger partial charge in [0.1, 0.15) is 5.82 Å². The first-order chi connectivity index (χ1) is 6.54. The van der Waals surface area contributed by atoms with Gasteiger partial charge in [-0.15, -0.1) is 0 Å². The van der Waals surface area contributed by atoms with Crippen LogP contribution in [0.5, 0.6) is 0 Å². The van der Waals surface area contributed by atoms with Crippen LogP contribution < -0.4 is 0 Å². The molecule has 3 heteroatoms. The van der Waals surface area contributed by atoms with E-state index in [2.05, 4.69) is 23.8 Å². The zero-order valence-corrected chi connectivity index (χ0v) is 9.28. The van der Waals surface area contributed by atoms with Crippen LogP contribution in [0.2, 0.25) is 0 Å². The van der Waals surface area contributed by atoms with Gasteiger partial charge in [0, 0.05) is 17.3 Å². The minimum Gasteiger partial charge on any atom is -0.396 e. The van der Waals surface area contributed by atoms with Gasteiger partial charge >= 0.3 is 0 Å². The summed E-state index contributed by atoms with van der Waals surface area (Å²) in [5, 5.41) is 9.25. The van der Waals surface area contributed by atoms with Crippen LogP contribution in [0.1, 0.15) is 37.0 Å². The quantitative estimate of drug-likeness (QED) is 0.798. The van der Waals surface area contributed by atoms with Gasteiger partial charge in [0.2, 0.25) is 0 Å². The van der Waals surface area contributed by atoms with Crippen molar-refractivity contribution in [1.82, 2.24) is 9.97 Å². The SMILES string of the molecule is Cc1cc(C)nc(C(CO)C(C)C)n1. The Kier molecular flexibility index (Phi) is 3.58. The Balaban J connectivity index is 3.04. The molecular weight excluding hydrogens is 176 g/mol. The summed E-state index contributed by atoms with van der Waals surface area (Å²) in [5.41, 5.74) is 1.93. The highest BCUT2D eigenvalue weighted by Gasteiger charge is 2.18. The van der Waals surface area contributed by atoms with Gasteiger partial charge in [-0.25, -0.2) is 9.97 Å². The maximum atomic E-state index is 9.25. The Hall–Kier alpha value is -0.960. The van der Waals surface area contributed by atoms with Gasteiger partial charge in [-0.05, 0) is 25.8 Å². The van der Waals surface area contributed by atoms with E-state index in [0.717, 1.165) is 17.2 Å². The third kappa shape index (κ3) is 2.51. The highest BCUT2D eigenvalue weighted by molar-refractivity contribution is 5.11. The van der Waals surface area contributed by atoms with E-state index in [4.69, 9.17) is 0 Å². The number of aryl methyl sites for hydroxylation is 2. The molecular formula is C11H18N2O. The summed E-state index contributed by atoms with van der Waals surface area (Å²) >= 11 is 0. The highest BCUT2D eigenvalue weighted by Crippen LogP contribution is 2.20. The van der Waals surface area contributed by atoms with Gasteiger partial charge in [-0.3, -0.25) is 0 Å². The molecule has 0 aromatic carbocycles. The molecule has 1 N–H and O–H groups in total. The van der Waals surface area contributed by atoms with Crippen molar-refractivity contribution in [2.75, 3.05) is 6.61 Å². The van der Waals surface area contributed by atoms with Crippen molar-refractivity contribution in [3.63, 3.8) is 0 Å². The fraction of sp³-hybridized carbons (Fsp3) is 0.636. The minimum atomic E-state index is 0.0496. The van der Waals surface area contributed by atoms with Gasteiger partial charge in [0.05, 0.1) is 6.61 Å². The normalized spacial score (nSPS) is 13.3. The Bertz CT molecular complexity index is 290. The molecule has 1 unspecified atom stereocenters.